The lowest BCUT2D eigenvalue weighted by Crippen LogP contribution is -2.24. The van der Waals surface area contributed by atoms with Crippen LogP contribution >= 0.6 is 27.7 Å². The van der Waals surface area contributed by atoms with Crippen molar-refractivity contribution in [1.82, 2.24) is 5.32 Å². The Morgan fingerprint density at radius 3 is 2.32 bits per heavy atom. The van der Waals surface area contributed by atoms with E-state index in [4.69, 9.17) is 0 Å². The van der Waals surface area contributed by atoms with Crippen molar-refractivity contribution in [3.8, 4) is 0 Å². The molecule has 0 bridgehead atoms. The number of benzene rings is 2. The van der Waals surface area contributed by atoms with E-state index < -0.39 is 12.6 Å². The van der Waals surface area contributed by atoms with Crippen molar-refractivity contribution < 1.29 is 22.8 Å². The molecule has 1 N–H and O–H groups in total. The first-order chi connectivity index (χ1) is 14.6. The highest BCUT2D eigenvalue weighted by Crippen LogP contribution is 2.41. The molecule has 8 heteroatoms. The fourth-order valence-corrected chi connectivity index (χ4v) is 4.74. The first kappa shape index (κ1) is 25.5. The summed E-state index contributed by atoms with van der Waals surface area (Å²) in [6.45, 7) is 4.23. The average molecular weight is 516 g/mol. The quantitative estimate of drug-likeness (QED) is 0.211. The number of carbonyl (C=O) groups excluding carboxylic acids is 2. The molecule has 2 rings (SSSR count). The lowest BCUT2D eigenvalue weighted by Gasteiger charge is -2.19. The first-order valence-corrected chi connectivity index (χ1v) is 11.6. The van der Waals surface area contributed by atoms with Gasteiger partial charge in [0, 0.05) is 39.6 Å². The lowest BCUT2D eigenvalue weighted by molar-refractivity contribution is -0.135. The first-order valence-electron chi connectivity index (χ1n) is 9.92. The molecule has 0 radical (unpaired) electrons. The molecular weight excluding hydrogens is 491 g/mol. The van der Waals surface area contributed by atoms with Gasteiger partial charge in [-0.1, -0.05) is 28.1 Å². The zero-order valence-electron chi connectivity index (χ0n) is 17.4. The molecule has 1 amide bonds. The molecule has 2 aromatic carbocycles. The number of aryl methyl sites for hydroxylation is 2. The molecule has 0 aromatic heterocycles. The normalized spacial score (nSPS) is 12.5. The van der Waals surface area contributed by atoms with Gasteiger partial charge in [0.1, 0.15) is 6.29 Å². The predicted octanol–water partition coefficient (Wildman–Crippen LogP) is 6.95. The lowest BCUT2D eigenvalue weighted by atomic mass is 10.0. The van der Waals surface area contributed by atoms with Gasteiger partial charge in [-0.15, -0.1) is 11.8 Å². The highest BCUT2D eigenvalue weighted by atomic mass is 79.9. The molecule has 0 aliphatic heterocycles. The molecule has 0 spiro atoms. The Kier molecular flexibility index (Phi) is 9.62. The Morgan fingerprint density at radius 2 is 1.77 bits per heavy atom. The highest BCUT2D eigenvalue weighted by molar-refractivity contribution is 9.10. The zero-order valence-corrected chi connectivity index (χ0v) is 19.8. The van der Waals surface area contributed by atoms with Crippen LogP contribution in [0.3, 0.4) is 0 Å². The summed E-state index contributed by atoms with van der Waals surface area (Å²) in [5.74, 6) is -0.283. The molecule has 1 atom stereocenters. The maximum absolute atomic E-state index is 12.7. The van der Waals surface area contributed by atoms with Gasteiger partial charge in [-0.25, -0.2) is 0 Å². The summed E-state index contributed by atoms with van der Waals surface area (Å²) in [5, 5.41) is 2.48. The molecule has 3 nitrogen and oxygen atoms in total. The average Bonchev–Trinajstić information content (AvgIpc) is 2.70. The molecule has 0 aliphatic carbocycles. The molecule has 1 unspecified atom stereocenters. The van der Waals surface area contributed by atoms with Crippen molar-refractivity contribution in [3.63, 3.8) is 0 Å². The van der Waals surface area contributed by atoms with Crippen LogP contribution < -0.4 is 5.32 Å². The minimum atomic E-state index is -4.18. The minimum Gasteiger partial charge on any atom is -0.352 e. The maximum atomic E-state index is 12.7. The SMILES string of the molecule is Cc1cc(SC(CCCC(F)(F)F)c2ccc(C(=O)NCCC=O)cc2)cc(C)c1Br. The molecular formula is C23H25BrF3NO2S. The third-order valence-electron chi connectivity index (χ3n) is 4.71. The summed E-state index contributed by atoms with van der Waals surface area (Å²) >= 11 is 5.07. The monoisotopic (exact) mass is 515 g/mol. The topological polar surface area (TPSA) is 46.2 Å². The largest absolute Gasteiger partial charge is 0.389 e. The number of hydrogen-bond donors (Lipinski definition) is 1. The Morgan fingerprint density at radius 1 is 1.16 bits per heavy atom. The molecule has 0 heterocycles. The summed E-state index contributed by atoms with van der Waals surface area (Å²) in [5.41, 5.74) is 3.46. The van der Waals surface area contributed by atoms with Crippen molar-refractivity contribution >= 4 is 39.9 Å². The van der Waals surface area contributed by atoms with Crippen molar-refractivity contribution in [1.29, 1.82) is 0 Å². The third-order valence-corrected chi connectivity index (χ3v) is 7.26. The van der Waals surface area contributed by atoms with Gasteiger partial charge in [-0.2, -0.15) is 13.2 Å². The van der Waals surface area contributed by atoms with Crippen LogP contribution in [0.25, 0.3) is 0 Å². The van der Waals surface area contributed by atoms with Gasteiger partial charge >= 0.3 is 6.18 Å². The number of hydrogen-bond acceptors (Lipinski definition) is 3. The summed E-state index contributed by atoms with van der Waals surface area (Å²) in [4.78, 5) is 23.5. The number of aldehydes is 1. The van der Waals surface area contributed by atoms with Gasteiger partial charge in [0.05, 0.1) is 0 Å². The van der Waals surface area contributed by atoms with E-state index in [0.717, 1.165) is 32.3 Å². The molecule has 0 aliphatic rings. The van der Waals surface area contributed by atoms with E-state index in [2.05, 4.69) is 21.2 Å². The molecule has 0 fully saturated rings. The highest BCUT2D eigenvalue weighted by Gasteiger charge is 2.27. The van der Waals surface area contributed by atoms with Crippen molar-refractivity contribution in [2.45, 2.75) is 55.9 Å². The van der Waals surface area contributed by atoms with Gasteiger partial charge < -0.3 is 10.1 Å². The molecule has 31 heavy (non-hydrogen) atoms. The Hall–Kier alpha value is -1.80. The van der Waals surface area contributed by atoms with E-state index in [1.54, 1.807) is 24.3 Å². The van der Waals surface area contributed by atoms with Crippen LogP contribution in [0.4, 0.5) is 13.2 Å². The van der Waals surface area contributed by atoms with Crippen LogP contribution in [-0.4, -0.2) is 24.9 Å². The number of rotatable bonds is 10. The van der Waals surface area contributed by atoms with E-state index in [1.807, 2.05) is 26.0 Å². The number of nitrogens with one attached hydrogen (secondary N) is 1. The number of amides is 1. The van der Waals surface area contributed by atoms with Crippen LogP contribution in [0.1, 0.15) is 58.0 Å². The van der Waals surface area contributed by atoms with Crippen LogP contribution in [-0.2, 0) is 4.79 Å². The molecule has 168 valence electrons. The second-order valence-corrected chi connectivity index (χ2v) is 9.39. The summed E-state index contributed by atoms with van der Waals surface area (Å²) < 4.78 is 39.1. The van der Waals surface area contributed by atoms with Crippen LogP contribution in [0.2, 0.25) is 0 Å². The smallest absolute Gasteiger partial charge is 0.352 e. The number of halogens is 4. The van der Waals surface area contributed by atoms with E-state index in [9.17, 15) is 22.8 Å². The second-order valence-electron chi connectivity index (χ2n) is 7.32. The number of alkyl halides is 3. The summed E-state index contributed by atoms with van der Waals surface area (Å²) in [7, 11) is 0. The summed E-state index contributed by atoms with van der Waals surface area (Å²) in [6.07, 6.45) is -3.62. The molecule has 0 saturated heterocycles. The molecule has 0 saturated carbocycles. The van der Waals surface area contributed by atoms with Gasteiger partial charge in [0.25, 0.3) is 5.91 Å². The standard InChI is InChI=1S/C23H25BrF3NO2S/c1-15-13-19(14-16(2)21(15)24)31-20(5-3-10-23(25,26)27)17-6-8-18(9-7-17)22(30)28-11-4-12-29/h6-9,12-14,20H,3-5,10-11H2,1-2H3,(H,28,30). The second kappa shape index (κ2) is 11.7. The van der Waals surface area contributed by atoms with Gasteiger partial charge in [0.15, 0.2) is 0 Å². The van der Waals surface area contributed by atoms with E-state index >= 15 is 0 Å². The Balaban J connectivity index is 2.19. The van der Waals surface area contributed by atoms with E-state index in [1.165, 1.54) is 11.8 Å². The van der Waals surface area contributed by atoms with Crippen LogP contribution in [0.15, 0.2) is 45.8 Å². The fraction of sp³-hybridized carbons (Fsp3) is 0.391. The van der Waals surface area contributed by atoms with Crippen molar-refractivity contribution in [3.05, 3.63) is 63.1 Å². The van der Waals surface area contributed by atoms with Crippen molar-refractivity contribution in [2.75, 3.05) is 6.54 Å². The number of thioether (sulfide) groups is 1. The third kappa shape index (κ3) is 8.33. The summed E-state index contributed by atoms with van der Waals surface area (Å²) in [6, 6.07) is 11.0. The van der Waals surface area contributed by atoms with Crippen LogP contribution in [0, 0.1) is 13.8 Å². The van der Waals surface area contributed by atoms with Crippen LogP contribution in [0.5, 0.6) is 0 Å². The predicted molar refractivity (Wildman–Crippen MR) is 122 cm³/mol. The number of carbonyl (C=O) groups is 2. The maximum Gasteiger partial charge on any atom is 0.389 e. The Labute approximate surface area is 193 Å². The zero-order chi connectivity index (χ0) is 23.0. The van der Waals surface area contributed by atoms with Gasteiger partial charge in [0.2, 0.25) is 0 Å². The molecule has 2 aromatic rings. The van der Waals surface area contributed by atoms with Gasteiger partial charge in [-0.3, -0.25) is 4.79 Å². The van der Waals surface area contributed by atoms with E-state index in [0.29, 0.717) is 12.0 Å². The van der Waals surface area contributed by atoms with E-state index in [-0.39, 0.29) is 30.5 Å². The fourth-order valence-electron chi connectivity index (χ4n) is 3.12. The van der Waals surface area contributed by atoms with Crippen molar-refractivity contribution in [2.24, 2.45) is 0 Å². The minimum absolute atomic E-state index is 0.0313. The van der Waals surface area contributed by atoms with Gasteiger partial charge in [-0.05, 0) is 67.6 Å². The Bertz CT molecular complexity index is 878.